The van der Waals surface area contributed by atoms with Crippen LogP contribution in [0, 0.1) is 22.9 Å². The van der Waals surface area contributed by atoms with E-state index in [-0.39, 0.29) is 41.3 Å². The molecule has 162 valence electrons. The lowest BCUT2D eigenvalue weighted by Crippen LogP contribution is -2.11. The lowest BCUT2D eigenvalue weighted by molar-refractivity contribution is -0.386. The van der Waals surface area contributed by atoms with E-state index in [1.165, 1.54) is 26.4 Å². The second-order valence-electron chi connectivity index (χ2n) is 7.05. The monoisotopic (exact) mass is 419 g/mol. The lowest BCUT2D eigenvalue weighted by Gasteiger charge is -2.21. The number of rotatable bonds is 10. The fourth-order valence-electron chi connectivity index (χ4n) is 3.46. The molecule has 0 aliphatic rings. The first-order valence-electron chi connectivity index (χ1n) is 9.53. The molecule has 8 heteroatoms. The van der Waals surface area contributed by atoms with Crippen LogP contribution < -0.4 is 14.2 Å². The summed E-state index contributed by atoms with van der Waals surface area (Å²) < 4.78 is 29.8. The van der Waals surface area contributed by atoms with Crippen molar-refractivity contribution in [3.63, 3.8) is 0 Å². The molecule has 0 amide bonds. The Morgan fingerprint density at radius 3 is 2.20 bits per heavy atom. The SMILES string of the molecule is COc1c(OCCC(C)c2ccc(F)cc2)c(OC)c([N+](=O)[O-])c(C)c1C(C)C=O. The molecule has 0 saturated heterocycles. The predicted octanol–water partition coefficient (Wildman–Crippen LogP) is 4.93. The van der Waals surface area contributed by atoms with Gasteiger partial charge in [-0.2, -0.15) is 0 Å². The largest absolute Gasteiger partial charge is 0.492 e. The molecule has 2 rings (SSSR count). The van der Waals surface area contributed by atoms with Crippen LogP contribution >= 0.6 is 0 Å². The van der Waals surface area contributed by atoms with Gasteiger partial charge in [0.1, 0.15) is 12.1 Å². The summed E-state index contributed by atoms with van der Waals surface area (Å²) >= 11 is 0. The standard InChI is InChI=1S/C22H26FNO6/c1-13(16-6-8-17(23)9-7-16)10-11-30-22-20(28-4)18(14(2)12-25)15(3)19(24(26)27)21(22)29-5/h6-9,12-14H,10-11H2,1-5H3. The molecule has 0 bridgehead atoms. The second kappa shape index (κ2) is 10.0. The van der Waals surface area contributed by atoms with Gasteiger partial charge in [-0.1, -0.05) is 26.0 Å². The van der Waals surface area contributed by atoms with Crippen molar-refractivity contribution in [3.05, 3.63) is 56.9 Å². The highest BCUT2D eigenvalue weighted by molar-refractivity contribution is 5.75. The molecule has 0 heterocycles. The van der Waals surface area contributed by atoms with Gasteiger partial charge in [0.05, 0.1) is 25.7 Å². The van der Waals surface area contributed by atoms with E-state index in [1.54, 1.807) is 26.0 Å². The highest BCUT2D eigenvalue weighted by Gasteiger charge is 2.33. The molecular formula is C22H26FNO6. The molecule has 0 fully saturated rings. The predicted molar refractivity (Wildman–Crippen MR) is 110 cm³/mol. The fraction of sp³-hybridized carbons (Fsp3) is 0.409. The number of nitro benzene ring substituents is 1. The summed E-state index contributed by atoms with van der Waals surface area (Å²) in [5.74, 6) is -0.594. The van der Waals surface area contributed by atoms with E-state index in [4.69, 9.17) is 14.2 Å². The first-order valence-corrected chi connectivity index (χ1v) is 9.53. The molecule has 2 unspecified atom stereocenters. The minimum atomic E-state index is -0.634. The number of nitro groups is 1. The van der Waals surface area contributed by atoms with Gasteiger partial charge in [-0.25, -0.2) is 4.39 Å². The Labute approximate surface area is 174 Å². The molecule has 0 aromatic heterocycles. The summed E-state index contributed by atoms with van der Waals surface area (Å²) in [6.07, 6.45) is 1.26. The molecule has 0 radical (unpaired) electrons. The Morgan fingerprint density at radius 2 is 1.70 bits per heavy atom. The molecule has 0 spiro atoms. The number of hydrogen-bond acceptors (Lipinski definition) is 6. The summed E-state index contributed by atoms with van der Waals surface area (Å²) in [7, 11) is 2.73. The second-order valence-corrected chi connectivity index (χ2v) is 7.05. The number of aldehydes is 1. The molecule has 7 nitrogen and oxygen atoms in total. The van der Waals surface area contributed by atoms with Crippen molar-refractivity contribution < 1.29 is 28.3 Å². The van der Waals surface area contributed by atoms with Crippen molar-refractivity contribution >= 4 is 12.0 Å². The van der Waals surface area contributed by atoms with Crippen molar-refractivity contribution in [1.29, 1.82) is 0 Å². The number of ether oxygens (including phenoxy) is 3. The van der Waals surface area contributed by atoms with Crippen LogP contribution in [0.3, 0.4) is 0 Å². The molecule has 2 aromatic carbocycles. The minimum absolute atomic E-state index is 0.0503. The molecule has 0 aliphatic carbocycles. The van der Waals surface area contributed by atoms with Crippen LogP contribution in [-0.4, -0.2) is 32.0 Å². The molecule has 2 aromatic rings. The van der Waals surface area contributed by atoms with Crippen molar-refractivity contribution in [2.45, 2.75) is 39.0 Å². The Bertz CT molecular complexity index is 913. The highest BCUT2D eigenvalue weighted by Crippen LogP contribution is 2.51. The van der Waals surface area contributed by atoms with E-state index < -0.39 is 10.8 Å². The maximum Gasteiger partial charge on any atom is 0.318 e. The summed E-state index contributed by atoms with van der Waals surface area (Å²) in [4.78, 5) is 22.6. The van der Waals surface area contributed by atoms with Gasteiger partial charge in [0, 0.05) is 17.0 Å². The van der Waals surface area contributed by atoms with Crippen LogP contribution in [0.15, 0.2) is 24.3 Å². The Balaban J connectivity index is 2.41. The zero-order valence-electron chi connectivity index (χ0n) is 17.7. The third kappa shape index (κ3) is 4.69. The van der Waals surface area contributed by atoms with Crippen LogP contribution in [0.4, 0.5) is 10.1 Å². The maximum atomic E-state index is 13.1. The van der Waals surface area contributed by atoms with E-state index in [1.807, 2.05) is 6.92 Å². The van der Waals surface area contributed by atoms with E-state index in [0.717, 1.165) is 5.56 Å². The van der Waals surface area contributed by atoms with Gasteiger partial charge in [-0.15, -0.1) is 0 Å². The molecular weight excluding hydrogens is 393 g/mol. The van der Waals surface area contributed by atoms with Gasteiger partial charge in [0.2, 0.25) is 11.5 Å². The lowest BCUT2D eigenvalue weighted by atomic mass is 9.93. The summed E-state index contributed by atoms with van der Waals surface area (Å²) in [5.41, 5.74) is 1.37. The van der Waals surface area contributed by atoms with E-state index >= 15 is 0 Å². The average Bonchev–Trinajstić information content (AvgIpc) is 2.73. The van der Waals surface area contributed by atoms with Crippen LogP contribution in [0.1, 0.15) is 48.8 Å². The number of nitrogens with zero attached hydrogens (tertiary/aromatic N) is 1. The normalized spacial score (nSPS) is 12.7. The summed E-state index contributed by atoms with van der Waals surface area (Å²) in [5, 5.41) is 11.7. The van der Waals surface area contributed by atoms with Crippen LogP contribution in [0.5, 0.6) is 17.2 Å². The number of carbonyl (C=O) groups excluding carboxylic acids is 1. The van der Waals surface area contributed by atoms with Gasteiger partial charge >= 0.3 is 5.69 Å². The van der Waals surface area contributed by atoms with E-state index in [2.05, 4.69) is 0 Å². The number of benzene rings is 2. The molecule has 0 N–H and O–H groups in total. The number of methoxy groups -OCH3 is 2. The number of halogens is 1. The van der Waals surface area contributed by atoms with Gasteiger partial charge < -0.3 is 19.0 Å². The average molecular weight is 419 g/mol. The van der Waals surface area contributed by atoms with Crippen LogP contribution in [0.25, 0.3) is 0 Å². The molecule has 30 heavy (non-hydrogen) atoms. The molecule has 2 atom stereocenters. The third-order valence-electron chi connectivity index (χ3n) is 5.12. The maximum absolute atomic E-state index is 13.1. The third-order valence-corrected chi connectivity index (χ3v) is 5.12. The minimum Gasteiger partial charge on any atom is -0.492 e. The van der Waals surface area contributed by atoms with Crippen LogP contribution in [0.2, 0.25) is 0 Å². The summed E-state index contributed by atoms with van der Waals surface area (Å²) in [6, 6.07) is 6.22. The van der Waals surface area contributed by atoms with Gasteiger partial charge in [-0.05, 0) is 37.0 Å². The Kier molecular flexibility index (Phi) is 7.74. The fourth-order valence-corrected chi connectivity index (χ4v) is 3.46. The first-order chi connectivity index (χ1) is 14.3. The Hall–Kier alpha value is -3.16. The molecule has 0 saturated carbocycles. The van der Waals surface area contributed by atoms with Gasteiger partial charge in [0.15, 0.2) is 5.75 Å². The smallest absolute Gasteiger partial charge is 0.318 e. The van der Waals surface area contributed by atoms with E-state index in [0.29, 0.717) is 23.8 Å². The quantitative estimate of drug-likeness (QED) is 0.308. The van der Waals surface area contributed by atoms with Crippen molar-refractivity contribution in [1.82, 2.24) is 0 Å². The van der Waals surface area contributed by atoms with Crippen molar-refractivity contribution in [2.75, 3.05) is 20.8 Å². The Morgan fingerprint density at radius 1 is 1.10 bits per heavy atom. The summed E-state index contributed by atoms with van der Waals surface area (Å²) in [6.45, 7) is 5.37. The van der Waals surface area contributed by atoms with Crippen molar-refractivity contribution in [3.8, 4) is 17.2 Å². The number of hydrogen-bond donors (Lipinski definition) is 0. The highest BCUT2D eigenvalue weighted by atomic mass is 19.1. The first kappa shape index (κ1) is 23.1. The zero-order valence-corrected chi connectivity index (χ0v) is 17.7. The van der Waals surface area contributed by atoms with Crippen LogP contribution in [-0.2, 0) is 4.79 Å². The van der Waals surface area contributed by atoms with Crippen molar-refractivity contribution in [2.24, 2.45) is 0 Å². The zero-order chi connectivity index (χ0) is 22.4. The van der Waals surface area contributed by atoms with Gasteiger partial charge in [-0.3, -0.25) is 10.1 Å². The van der Waals surface area contributed by atoms with Gasteiger partial charge in [0.25, 0.3) is 0 Å². The topological polar surface area (TPSA) is 87.9 Å². The van der Waals surface area contributed by atoms with E-state index in [9.17, 15) is 19.3 Å². The number of carbonyl (C=O) groups is 1. The molecule has 0 aliphatic heterocycles.